The molecular weight excluding hydrogens is 428 g/mol. The number of halogens is 1. The topological polar surface area (TPSA) is 58.1 Å². The van der Waals surface area contributed by atoms with Crippen molar-refractivity contribution in [2.75, 3.05) is 18.5 Å². The van der Waals surface area contributed by atoms with Crippen molar-refractivity contribution in [3.05, 3.63) is 82.5 Å². The maximum atomic E-state index is 12.7. The molecule has 1 amide bonds. The predicted octanol–water partition coefficient (Wildman–Crippen LogP) is 5.76. The number of nitrogens with zero attached hydrogens (tertiary/aromatic N) is 3. The third kappa shape index (κ3) is 6.71. The van der Waals surface area contributed by atoms with Gasteiger partial charge in [-0.25, -0.2) is 9.97 Å². The highest BCUT2D eigenvalue weighted by Gasteiger charge is 2.12. The van der Waals surface area contributed by atoms with Gasteiger partial charge < -0.3 is 10.2 Å². The number of hydrogen-bond acceptors (Lipinski definition) is 5. The second-order valence-corrected chi connectivity index (χ2v) is 8.68. The van der Waals surface area contributed by atoms with E-state index in [0.717, 1.165) is 29.9 Å². The summed E-state index contributed by atoms with van der Waals surface area (Å²) >= 11 is 7.70. The minimum Gasteiger partial charge on any atom is -0.360 e. The van der Waals surface area contributed by atoms with Crippen LogP contribution in [0.25, 0.3) is 0 Å². The van der Waals surface area contributed by atoms with Gasteiger partial charge in [0.1, 0.15) is 11.0 Å². The summed E-state index contributed by atoms with van der Waals surface area (Å²) in [6.45, 7) is 5.01. The van der Waals surface area contributed by atoms with E-state index in [-0.39, 0.29) is 11.9 Å². The first kappa shape index (κ1) is 23.1. The Balaban J connectivity index is 1.65. The summed E-state index contributed by atoms with van der Waals surface area (Å²) in [5.74, 6) is 1.37. The molecule has 1 N–H and O–H groups in total. The maximum Gasteiger partial charge on any atom is 0.251 e. The molecule has 31 heavy (non-hydrogen) atoms. The van der Waals surface area contributed by atoms with Crippen LogP contribution in [0, 0.1) is 0 Å². The van der Waals surface area contributed by atoms with E-state index in [1.54, 1.807) is 6.07 Å². The molecule has 0 spiro atoms. The molecule has 0 aliphatic heterocycles. The van der Waals surface area contributed by atoms with Crippen molar-refractivity contribution in [3.8, 4) is 0 Å². The Labute approximate surface area is 193 Å². The highest BCUT2D eigenvalue weighted by Crippen LogP contribution is 2.25. The second kappa shape index (κ2) is 11.2. The normalized spacial score (nSPS) is 11.7. The van der Waals surface area contributed by atoms with Crippen LogP contribution < -0.4 is 10.2 Å². The zero-order valence-electron chi connectivity index (χ0n) is 18.0. The molecule has 7 heteroatoms. The molecule has 3 rings (SSSR count). The molecule has 2 aromatic carbocycles. The first-order valence-electron chi connectivity index (χ1n) is 10.3. The van der Waals surface area contributed by atoms with E-state index < -0.39 is 0 Å². The summed E-state index contributed by atoms with van der Waals surface area (Å²) in [5.41, 5.74) is 2.73. The molecule has 1 unspecified atom stereocenters. The molecule has 3 aromatic rings. The third-order valence-corrected chi connectivity index (χ3v) is 5.93. The van der Waals surface area contributed by atoms with Gasteiger partial charge in [0.25, 0.3) is 5.91 Å². The number of nitrogens with one attached hydrogen (secondary N) is 1. The van der Waals surface area contributed by atoms with E-state index in [1.807, 2.05) is 68.6 Å². The van der Waals surface area contributed by atoms with Crippen LogP contribution in [-0.2, 0) is 5.75 Å². The van der Waals surface area contributed by atoms with Crippen LogP contribution in [0.1, 0.15) is 47.8 Å². The standard InChI is InChI=1S/C24H27ClN4OS/c1-4-13-29(3)22-15-21(25)27-24(28-22)31-16-18-9-8-12-20(14-18)23(30)26-17(2)19-10-6-5-7-11-19/h5-12,14-15,17H,4,13,16H2,1-3H3,(H,26,30). The zero-order chi connectivity index (χ0) is 22.2. The van der Waals surface area contributed by atoms with Crippen molar-refractivity contribution in [3.63, 3.8) is 0 Å². The van der Waals surface area contributed by atoms with Gasteiger partial charge in [0.2, 0.25) is 0 Å². The number of aromatic nitrogens is 2. The lowest BCUT2D eigenvalue weighted by molar-refractivity contribution is 0.0940. The summed E-state index contributed by atoms with van der Waals surface area (Å²) in [7, 11) is 2.00. The first-order chi connectivity index (χ1) is 15.0. The van der Waals surface area contributed by atoms with E-state index in [2.05, 4.69) is 27.1 Å². The minimum atomic E-state index is -0.0920. The quantitative estimate of drug-likeness (QED) is 0.253. The van der Waals surface area contributed by atoms with E-state index in [4.69, 9.17) is 11.6 Å². The van der Waals surface area contributed by atoms with Gasteiger partial charge in [-0.1, -0.05) is 72.8 Å². The van der Waals surface area contributed by atoms with Crippen LogP contribution in [0.2, 0.25) is 5.15 Å². The van der Waals surface area contributed by atoms with E-state index in [0.29, 0.717) is 21.6 Å². The summed E-state index contributed by atoms with van der Waals surface area (Å²) < 4.78 is 0. The summed E-state index contributed by atoms with van der Waals surface area (Å²) in [6.07, 6.45) is 1.03. The molecule has 1 aromatic heterocycles. The lowest BCUT2D eigenvalue weighted by Gasteiger charge is -2.17. The number of carbonyl (C=O) groups excluding carboxylic acids is 1. The number of hydrogen-bond donors (Lipinski definition) is 1. The van der Waals surface area contributed by atoms with Crippen LogP contribution in [0.4, 0.5) is 5.82 Å². The first-order valence-corrected chi connectivity index (χ1v) is 11.7. The molecule has 1 atom stereocenters. The second-order valence-electron chi connectivity index (χ2n) is 7.35. The Hall–Kier alpha value is -2.57. The van der Waals surface area contributed by atoms with Gasteiger partial charge in [-0.2, -0.15) is 0 Å². The monoisotopic (exact) mass is 454 g/mol. The molecule has 0 aliphatic carbocycles. The molecule has 162 valence electrons. The van der Waals surface area contributed by atoms with Crippen molar-refractivity contribution in [2.45, 2.75) is 37.2 Å². The average molecular weight is 455 g/mol. The molecule has 1 heterocycles. The highest BCUT2D eigenvalue weighted by molar-refractivity contribution is 7.98. The van der Waals surface area contributed by atoms with Gasteiger partial charge in [-0.15, -0.1) is 0 Å². The van der Waals surface area contributed by atoms with Gasteiger partial charge >= 0.3 is 0 Å². The highest BCUT2D eigenvalue weighted by atomic mass is 35.5. The zero-order valence-corrected chi connectivity index (χ0v) is 19.6. The Morgan fingerprint density at radius 2 is 1.90 bits per heavy atom. The van der Waals surface area contributed by atoms with Gasteiger partial charge in [-0.05, 0) is 36.6 Å². The molecule has 0 saturated carbocycles. The fourth-order valence-electron chi connectivity index (χ4n) is 3.15. The average Bonchev–Trinajstić information content (AvgIpc) is 2.78. The Morgan fingerprint density at radius 1 is 1.13 bits per heavy atom. The van der Waals surface area contributed by atoms with Crippen molar-refractivity contribution in [1.82, 2.24) is 15.3 Å². The largest absolute Gasteiger partial charge is 0.360 e. The fraction of sp³-hybridized carbons (Fsp3) is 0.292. The van der Waals surface area contributed by atoms with Crippen LogP contribution >= 0.6 is 23.4 Å². The van der Waals surface area contributed by atoms with Crippen molar-refractivity contribution in [1.29, 1.82) is 0 Å². The van der Waals surface area contributed by atoms with Crippen molar-refractivity contribution in [2.24, 2.45) is 0 Å². The number of carbonyl (C=O) groups is 1. The van der Waals surface area contributed by atoms with Crippen molar-refractivity contribution < 1.29 is 4.79 Å². The van der Waals surface area contributed by atoms with Crippen LogP contribution in [-0.4, -0.2) is 29.5 Å². The summed E-state index contributed by atoms with van der Waals surface area (Å²) in [4.78, 5) is 23.7. The van der Waals surface area contributed by atoms with E-state index in [9.17, 15) is 4.79 Å². The molecule has 0 aliphatic rings. The van der Waals surface area contributed by atoms with Crippen LogP contribution in [0.5, 0.6) is 0 Å². The predicted molar refractivity (Wildman–Crippen MR) is 129 cm³/mol. The Bertz CT molecular complexity index is 1020. The van der Waals surface area contributed by atoms with Crippen LogP contribution in [0.3, 0.4) is 0 Å². The fourth-order valence-corrected chi connectivity index (χ4v) is 4.17. The lowest BCUT2D eigenvalue weighted by Crippen LogP contribution is -2.26. The van der Waals surface area contributed by atoms with E-state index >= 15 is 0 Å². The van der Waals surface area contributed by atoms with Gasteiger partial charge in [0.05, 0.1) is 6.04 Å². The van der Waals surface area contributed by atoms with Gasteiger partial charge in [0.15, 0.2) is 5.16 Å². The number of anilines is 1. The number of rotatable bonds is 9. The Kier molecular flexibility index (Phi) is 8.32. The third-order valence-electron chi connectivity index (χ3n) is 4.82. The lowest BCUT2D eigenvalue weighted by atomic mass is 10.1. The number of amides is 1. The van der Waals surface area contributed by atoms with Crippen molar-refractivity contribution >= 4 is 35.1 Å². The summed E-state index contributed by atoms with van der Waals surface area (Å²) in [6, 6.07) is 19.3. The van der Waals surface area contributed by atoms with Gasteiger partial charge in [0, 0.05) is 31.0 Å². The smallest absolute Gasteiger partial charge is 0.251 e. The van der Waals surface area contributed by atoms with Crippen LogP contribution in [0.15, 0.2) is 65.8 Å². The Morgan fingerprint density at radius 3 is 2.65 bits per heavy atom. The minimum absolute atomic E-state index is 0.0647. The molecule has 0 bridgehead atoms. The molecular formula is C24H27ClN4OS. The number of benzene rings is 2. The molecule has 0 fully saturated rings. The SMILES string of the molecule is CCCN(C)c1cc(Cl)nc(SCc2cccc(C(=O)NC(C)c3ccccc3)c2)n1. The molecule has 5 nitrogen and oxygen atoms in total. The number of thioether (sulfide) groups is 1. The molecule has 0 radical (unpaired) electrons. The van der Waals surface area contributed by atoms with E-state index in [1.165, 1.54) is 11.8 Å². The molecule has 0 saturated heterocycles. The maximum absolute atomic E-state index is 12.7. The summed E-state index contributed by atoms with van der Waals surface area (Å²) in [5, 5.41) is 4.11. The van der Waals surface area contributed by atoms with Gasteiger partial charge in [-0.3, -0.25) is 4.79 Å².